The van der Waals surface area contributed by atoms with E-state index in [1.807, 2.05) is 52.0 Å². The topological polar surface area (TPSA) is 43.1 Å². The van der Waals surface area contributed by atoms with Gasteiger partial charge in [0, 0.05) is 11.5 Å². The Morgan fingerprint density at radius 3 is 2.33 bits per heavy atom. The first-order valence-corrected chi connectivity index (χ1v) is 5.23. The number of hydrogen-bond donors (Lipinski definition) is 1. The van der Waals surface area contributed by atoms with Crippen molar-refractivity contribution in [1.29, 1.82) is 0 Å². The third-order valence-electron chi connectivity index (χ3n) is 3.05. The van der Waals surface area contributed by atoms with Gasteiger partial charge in [-0.1, -0.05) is 38.2 Å². The van der Waals surface area contributed by atoms with Crippen LogP contribution in [0.1, 0.15) is 27.7 Å². The molecule has 0 aromatic rings. The highest BCUT2D eigenvalue weighted by Crippen LogP contribution is 2.37. The van der Waals surface area contributed by atoms with Crippen LogP contribution < -0.4 is 5.73 Å². The van der Waals surface area contributed by atoms with E-state index in [0.717, 1.165) is 11.1 Å². The van der Waals surface area contributed by atoms with E-state index < -0.39 is 5.41 Å². The summed E-state index contributed by atoms with van der Waals surface area (Å²) in [5.41, 5.74) is 7.37. The molecule has 1 atom stereocenters. The molecule has 0 heterocycles. The zero-order chi connectivity index (χ0) is 11.6. The number of nitrogens with two attached hydrogens (primary N) is 1. The molecule has 0 aromatic carbocycles. The Kier molecular flexibility index (Phi) is 3.30. The van der Waals surface area contributed by atoms with Crippen molar-refractivity contribution >= 4 is 5.78 Å². The fourth-order valence-electron chi connectivity index (χ4n) is 1.88. The van der Waals surface area contributed by atoms with E-state index in [0.29, 0.717) is 0 Å². The quantitative estimate of drug-likeness (QED) is 0.703. The first kappa shape index (κ1) is 11.9. The van der Waals surface area contributed by atoms with Crippen LogP contribution in [-0.4, -0.2) is 11.8 Å². The molecule has 1 aliphatic carbocycles. The number of hydrogen-bond acceptors (Lipinski definition) is 2. The summed E-state index contributed by atoms with van der Waals surface area (Å²) >= 11 is 0. The Bertz CT molecular complexity index is 359. The lowest BCUT2D eigenvalue weighted by Gasteiger charge is -2.23. The van der Waals surface area contributed by atoms with Crippen LogP contribution in [-0.2, 0) is 4.79 Å². The number of ketones is 1. The van der Waals surface area contributed by atoms with Gasteiger partial charge in [0.25, 0.3) is 0 Å². The zero-order valence-electron chi connectivity index (χ0n) is 9.87. The SMILES string of the molecule is C/C=C\C=C/C1=C(C)C(=O)C(C)(C)[C@@H]1N. The van der Waals surface area contributed by atoms with Crippen LogP contribution >= 0.6 is 0 Å². The number of allylic oxidation sites excluding steroid dienone is 4. The van der Waals surface area contributed by atoms with Crippen molar-refractivity contribution in [2.75, 3.05) is 0 Å². The molecule has 15 heavy (non-hydrogen) atoms. The fourth-order valence-corrected chi connectivity index (χ4v) is 1.88. The van der Waals surface area contributed by atoms with Gasteiger partial charge in [-0.25, -0.2) is 0 Å². The molecule has 1 rings (SSSR count). The Morgan fingerprint density at radius 2 is 1.93 bits per heavy atom. The Balaban J connectivity index is 3.04. The average Bonchev–Trinajstić information content (AvgIpc) is 2.33. The van der Waals surface area contributed by atoms with Gasteiger partial charge in [0.1, 0.15) is 0 Å². The maximum atomic E-state index is 11.9. The second kappa shape index (κ2) is 4.15. The standard InChI is InChI=1S/C13H19NO/c1-5-6-7-8-10-9(2)12(15)13(3,4)11(10)14/h5-8,11H,14H2,1-4H3/b6-5-,8-7-/t11-/m1/s1. The number of rotatable bonds is 2. The average molecular weight is 205 g/mol. The minimum Gasteiger partial charge on any atom is -0.323 e. The largest absolute Gasteiger partial charge is 0.323 e. The summed E-state index contributed by atoms with van der Waals surface area (Å²) in [5.74, 6) is 0.162. The normalized spacial score (nSPS) is 26.2. The van der Waals surface area contributed by atoms with Crippen LogP contribution in [0.25, 0.3) is 0 Å². The molecule has 0 saturated heterocycles. The predicted molar refractivity (Wildman–Crippen MR) is 63.4 cm³/mol. The molecule has 2 nitrogen and oxygen atoms in total. The van der Waals surface area contributed by atoms with Gasteiger partial charge < -0.3 is 5.73 Å². The van der Waals surface area contributed by atoms with Gasteiger partial charge in [-0.05, 0) is 25.0 Å². The van der Waals surface area contributed by atoms with Crippen molar-refractivity contribution in [3.63, 3.8) is 0 Å². The van der Waals surface area contributed by atoms with Crippen molar-refractivity contribution in [1.82, 2.24) is 0 Å². The van der Waals surface area contributed by atoms with Crippen LogP contribution in [0.5, 0.6) is 0 Å². The third kappa shape index (κ3) is 1.95. The Labute approximate surface area is 91.5 Å². The molecule has 2 N–H and O–H groups in total. The van der Waals surface area contributed by atoms with Crippen molar-refractivity contribution in [3.8, 4) is 0 Å². The van der Waals surface area contributed by atoms with Gasteiger partial charge >= 0.3 is 0 Å². The van der Waals surface area contributed by atoms with Crippen LogP contribution in [0.2, 0.25) is 0 Å². The molecule has 0 unspecified atom stereocenters. The molecule has 0 bridgehead atoms. The third-order valence-corrected chi connectivity index (χ3v) is 3.05. The van der Waals surface area contributed by atoms with Crippen LogP contribution in [0.4, 0.5) is 0 Å². The first-order valence-electron chi connectivity index (χ1n) is 5.23. The lowest BCUT2D eigenvalue weighted by molar-refractivity contribution is -0.122. The summed E-state index contributed by atoms with van der Waals surface area (Å²) in [6.45, 7) is 7.61. The van der Waals surface area contributed by atoms with E-state index in [-0.39, 0.29) is 11.8 Å². The minimum absolute atomic E-state index is 0.162. The smallest absolute Gasteiger partial charge is 0.166 e. The highest BCUT2D eigenvalue weighted by atomic mass is 16.1. The molecule has 0 fully saturated rings. The number of carbonyl (C=O) groups excluding carboxylic acids is 1. The summed E-state index contributed by atoms with van der Waals surface area (Å²) in [7, 11) is 0. The van der Waals surface area contributed by atoms with Crippen LogP contribution in [0, 0.1) is 5.41 Å². The van der Waals surface area contributed by atoms with Crippen molar-refractivity contribution in [2.24, 2.45) is 11.1 Å². The number of carbonyl (C=O) groups is 1. The van der Waals surface area contributed by atoms with Gasteiger partial charge in [-0.3, -0.25) is 4.79 Å². The fraction of sp³-hybridized carbons (Fsp3) is 0.462. The van der Waals surface area contributed by atoms with E-state index in [2.05, 4.69) is 0 Å². The maximum absolute atomic E-state index is 11.9. The second-order valence-corrected chi connectivity index (χ2v) is 4.49. The Morgan fingerprint density at radius 1 is 1.33 bits per heavy atom. The summed E-state index contributed by atoms with van der Waals surface area (Å²) in [6, 6.07) is -0.188. The molecule has 0 spiro atoms. The summed E-state index contributed by atoms with van der Waals surface area (Å²) in [5, 5.41) is 0. The molecular formula is C13H19NO. The maximum Gasteiger partial charge on any atom is 0.166 e. The molecule has 2 heteroatoms. The zero-order valence-corrected chi connectivity index (χ0v) is 9.87. The van der Waals surface area contributed by atoms with E-state index >= 15 is 0 Å². The first-order chi connectivity index (χ1) is 6.92. The molecule has 0 radical (unpaired) electrons. The van der Waals surface area contributed by atoms with E-state index in [1.54, 1.807) is 0 Å². The molecule has 0 saturated carbocycles. The molecule has 0 aliphatic heterocycles. The molecule has 0 aromatic heterocycles. The van der Waals surface area contributed by atoms with E-state index in [1.165, 1.54) is 0 Å². The summed E-state index contributed by atoms with van der Waals surface area (Å²) in [4.78, 5) is 11.9. The van der Waals surface area contributed by atoms with Gasteiger partial charge in [0.15, 0.2) is 5.78 Å². The van der Waals surface area contributed by atoms with Crippen molar-refractivity contribution in [3.05, 3.63) is 35.5 Å². The van der Waals surface area contributed by atoms with E-state index in [9.17, 15) is 4.79 Å². The lowest BCUT2D eigenvalue weighted by Crippen LogP contribution is -2.38. The number of Topliss-reactive ketones (excluding diaryl/α,β-unsaturated/α-hetero) is 1. The highest BCUT2D eigenvalue weighted by molar-refractivity contribution is 6.04. The van der Waals surface area contributed by atoms with Crippen molar-refractivity contribution < 1.29 is 4.79 Å². The van der Waals surface area contributed by atoms with Gasteiger partial charge in [-0.2, -0.15) is 0 Å². The summed E-state index contributed by atoms with van der Waals surface area (Å²) in [6.07, 6.45) is 7.74. The van der Waals surface area contributed by atoms with Crippen LogP contribution in [0.15, 0.2) is 35.5 Å². The molecular weight excluding hydrogens is 186 g/mol. The predicted octanol–water partition coefficient (Wildman–Crippen LogP) is 2.37. The lowest BCUT2D eigenvalue weighted by atomic mass is 9.84. The summed E-state index contributed by atoms with van der Waals surface area (Å²) < 4.78 is 0. The Hall–Kier alpha value is -1.15. The molecule has 1 aliphatic rings. The highest BCUT2D eigenvalue weighted by Gasteiger charge is 2.43. The van der Waals surface area contributed by atoms with E-state index in [4.69, 9.17) is 5.73 Å². The second-order valence-electron chi connectivity index (χ2n) is 4.49. The van der Waals surface area contributed by atoms with Crippen molar-refractivity contribution in [2.45, 2.75) is 33.7 Å². The van der Waals surface area contributed by atoms with Gasteiger partial charge in [0.2, 0.25) is 0 Å². The molecule has 0 amide bonds. The van der Waals surface area contributed by atoms with Gasteiger partial charge in [-0.15, -0.1) is 0 Å². The minimum atomic E-state index is -0.459. The molecule has 82 valence electrons. The van der Waals surface area contributed by atoms with Crippen LogP contribution in [0.3, 0.4) is 0 Å². The monoisotopic (exact) mass is 205 g/mol. The van der Waals surface area contributed by atoms with Gasteiger partial charge in [0.05, 0.1) is 0 Å².